The van der Waals surface area contributed by atoms with Crippen LogP contribution in [-0.4, -0.2) is 6.54 Å². The fourth-order valence-corrected chi connectivity index (χ4v) is 0.800. The van der Waals surface area contributed by atoms with E-state index in [1.165, 1.54) is 19.3 Å². The van der Waals surface area contributed by atoms with E-state index in [2.05, 4.69) is 20.8 Å². The molecule has 0 rings (SSSR count). The van der Waals surface area contributed by atoms with Crippen LogP contribution in [0.25, 0.3) is 0 Å². The van der Waals surface area contributed by atoms with E-state index in [-0.39, 0.29) is 4.70 Å². The molecule has 0 saturated carbocycles. The summed E-state index contributed by atoms with van der Waals surface area (Å²) < 4.78 is 0. The maximum absolute atomic E-state index is 5.36. The normalized spacial score (nSPS) is 10.8. The van der Waals surface area contributed by atoms with Crippen molar-refractivity contribution in [3.05, 3.63) is 0 Å². The largest absolute Gasteiger partial charge is 0.330 e. The molecule has 10 heavy (non-hydrogen) atoms. The van der Waals surface area contributed by atoms with Gasteiger partial charge in [-0.25, -0.2) is 0 Å². The van der Waals surface area contributed by atoms with E-state index < -0.39 is 0 Å². The average molecular weight is 149 g/mol. The van der Waals surface area contributed by atoms with Crippen LogP contribution in [0.5, 0.6) is 0 Å². The van der Waals surface area contributed by atoms with Gasteiger partial charge in [0.15, 0.2) is 0 Å². The molecule has 0 bridgehead atoms. The first-order chi connectivity index (χ1) is 4.06. The molecule has 0 fully saturated rings. The van der Waals surface area contributed by atoms with Crippen molar-refractivity contribution in [2.24, 2.45) is 11.1 Å². The van der Waals surface area contributed by atoms with Gasteiger partial charge in [-0.15, -0.1) is 0 Å². The predicted octanol–water partition coefficient (Wildman–Crippen LogP) is 2.31. The topological polar surface area (TPSA) is 26.0 Å². The first-order valence-electron chi connectivity index (χ1n) is 3.76. The molecule has 0 aromatic rings. The molecule has 0 aliphatic heterocycles. The number of hydrogen-bond acceptors (Lipinski definition) is 1. The van der Waals surface area contributed by atoms with Crippen LogP contribution in [0.15, 0.2) is 0 Å². The Morgan fingerprint density at radius 2 is 1.60 bits per heavy atom. The van der Waals surface area contributed by atoms with Gasteiger partial charge in [-0.3, -0.25) is 4.70 Å². The summed E-state index contributed by atoms with van der Waals surface area (Å²) >= 11 is 0. The van der Waals surface area contributed by atoms with Crippen molar-refractivity contribution in [2.75, 3.05) is 6.54 Å². The van der Waals surface area contributed by atoms with Crippen LogP contribution in [0.2, 0.25) is 0 Å². The maximum Gasteiger partial charge on any atom is -0.00773 e. The number of hydrogen-bond donors (Lipinski definition) is 1. The van der Waals surface area contributed by atoms with Crippen LogP contribution < -0.4 is 5.73 Å². The number of unbranched alkanes of at least 4 members (excludes halogenated alkanes) is 1. The van der Waals surface area contributed by atoms with Crippen molar-refractivity contribution in [1.82, 2.24) is 0 Å². The summed E-state index contributed by atoms with van der Waals surface area (Å²) in [5.41, 5.74) is 5.85. The second-order valence-electron chi connectivity index (χ2n) is 3.81. The molecule has 0 amide bonds. The summed E-state index contributed by atoms with van der Waals surface area (Å²) in [6.45, 7) is 7.65. The lowest BCUT2D eigenvalue weighted by Gasteiger charge is -2.16. The first-order valence-corrected chi connectivity index (χ1v) is 3.76. The van der Waals surface area contributed by atoms with Crippen LogP contribution in [0.3, 0.4) is 0 Å². The standard InChI is InChI=1S/C8H19N.FH/c1-8(2,3)6-4-5-7-9;/h4-7,9H2,1-3H3;1H. The lowest BCUT2D eigenvalue weighted by atomic mass is 9.90. The minimum Gasteiger partial charge on any atom is -0.330 e. The Morgan fingerprint density at radius 1 is 1.10 bits per heavy atom. The molecule has 0 spiro atoms. The Bertz CT molecular complexity index is 66.1. The second-order valence-corrected chi connectivity index (χ2v) is 3.81. The van der Waals surface area contributed by atoms with Crippen LogP contribution in [0.1, 0.15) is 40.0 Å². The Morgan fingerprint density at radius 3 is 1.90 bits per heavy atom. The second kappa shape index (κ2) is 5.66. The highest BCUT2D eigenvalue weighted by molar-refractivity contribution is 4.60. The van der Waals surface area contributed by atoms with E-state index in [9.17, 15) is 0 Å². The zero-order chi connectivity index (χ0) is 7.33. The van der Waals surface area contributed by atoms with Gasteiger partial charge in [0, 0.05) is 0 Å². The van der Waals surface area contributed by atoms with Gasteiger partial charge >= 0.3 is 0 Å². The van der Waals surface area contributed by atoms with E-state index in [1.54, 1.807) is 0 Å². The lowest BCUT2D eigenvalue weighted by molar-refractivity contribution is 0.361. The summed E-state index contributed by atoms with van der Waals surface area (Å²) in [7, 11) is 0. The van der Waals surface area contributed by atoms with Crippen molar-refractivity contribution < 1.29 is 4.70 Å². The molecular weight excluding hydrogens is 129 g/mol. The maximum atomic E-state index is 5.36. The highest BCUT2D eigenvalue weighted by atomic mass is 19.0. The molecule has 0 heterocycles. The molecule has 0 radical (unpaired) electrons. The molecule has 0 atom stereocenters. The summed E-state index contributed by atoms with van der Waals surface area (Å²) in [6, 6.07) is 0. The van der Waals surface area contributed by atoms with E-state index in [0.29, 0.717) is 5.41 Å². The van der Waals surface area contributed by atoms with Crippen molar-refractivity contribution >= 4 is 0 Å². The van der Waals surface area contributed by atoms with Gasteiger partial charge in [-0.05, 0) is 24.8 Å². The van der Waals surface area contributed by atoms with Crippen LogP contribution in [0, 0.1) is 5.41 Å². The fraction of sp³-hybridized carbons (Fsp3) is 1.00. The predicted molar refractivity (Wildman–Crippen MR) is 44.9 cm³/mol. The monoisotopic (exact) mass is 149 g/mol. The Balaban J connectivity index is 0. The van der Waals surface area contributed by atoms with Gasteiger partial charge in [0.2, 0.25) is 0 Å². The van der Waals surface area contributed by atoms with Gasteiger partial charge in [0.05, 0.1) is 0 Å². The number of rotatable bonds is 3. The van der Waals surface area contributed by atoms with Crippen LogP contribution >= 0.6 is 0 Å². The number of halogens is 1. The van der Waals surface area contributed by atoms with Gasteiger partial charge < -0.3 is 5.73 Å². The average Bonchev–Trinajstić information content (AvgIpc) is 1.63. The molecule has 0 saturated heterocycles. The first kappa shape index (κ1) is 12.6. The molecular formula is C8H20FN. The third-order valence-corrected chi connectivity index (χ3v) is 1.38. The van der Waals surface area contributed by atoms with Gasteiger partial charge in [0.25, 0.3) is 0 Å². The Labute approximate surface area is 63.4 Å². The van der Waals surface area contributed by atoms with E-state index in [4.69, 9.17) is 5.73 Å². The van der Waals surface area contributed by atoms with E-state index in [0.717, 1.165) is 6.54 Å². The lowest BCUT2D eigenvalue weighted by Crippen LogP contribution is -2.06. The van der Waals surface area contributed by atoms with Crippen molar-refractivity contribution in [1.29, 1.82) is 0 Å². The minimum atomic E-state index is 0. The van der Waals surface area contributed by atoms with Crippen molar-refractivity contribution in [2.45, 2.75) is 40.0 Å². The SMILES string of the molecule is CC(C)(C)CCCCN.F. The van der Waals surface area contributed by atoms with Gasteiger partial charge in [-0.1, -0.05) is 27.2 Å². The molecule has 0 aliphatic rings. The van der Waals surface area contributed by atoms with E-state index >= 15 is 0 Å². The third-order valence-electron chi connectivity index (χ3n) is 1.38. The molecule has 1 nitrogen and oxygen atoms in total. The Hall–Kier alpha value is -0.110. The van der Waals surface area contributed by atoms with Gasteiger partial charge in [-0.2, -0.15) is 0 Å². The molecule has 0 unspecified atom stereocenters. The summed E-state index contributed by atoms with van der Waals surface area (Å²) in [4.78, 5) is 0. The smallest absolute Gasteiger partial charge is 0.00773 e. The minimum absolute atomic E-state index is 0. The molecule has 2 heteroatoms. The van der Waals surface area contributed by atoms with Crippen LogP contribution in [-0.2, 0) is 0 Å². The van der Waals surface area contributed by atoms with E-state index in [1.807, 2.05) is 0 Å². The highest BCUT2D eigenvalue weighted by Gasteiger charge is 2.07. The molecule has 64 valence electrons. The molecule has 0 aromatic carbocycles. The third kappa shape index (κ3) is 10.8. The molecule has 2 N–H and O–H groups in total. The zero-order valence-corrected chi connectivity index (χ0v) is 7.31. The van der Waals surface area contributed by atoms with Crippen molar-refractivity contribution in [3.63, 3.8) is 0 Å². The van der Waals surface area contributed by atoms with Gasteiger partial charge in [0.1, 0.15) is 0 Å². The molecule has 0 aliphatic carbocycles. The highest BCUT2D eigenvalue weighted by Crippen LogP contribution is 2.20. The quantitative estimate of drug-likeness (QED) is 0.612. The number of nitrogens with two attached hydrogens (primary N) is 1. The summed E-state index contributed by atoms with van der Waals surface area (Å²) in [5.74, 6) is 0. The zero-order valence-electron chi connectivity index (χ0n) is 7.31. The Kier molecular flexibility index (Phi) is 7.10. The van der Waals surface area contributed by atoms with Crippen LogP contribution in [0.4, 0.5) is 4.70 Å². The summed E-state index contributed by atoms with van der Waals surface area (Å²) in [6.07, 6.45) is 3.75. The molecule has 0 aromatic heterocycles. The fourth-order valence-electron chi connectivity index (χ4n) is 0.800. The summed E-state index contributed by atoms with van der Waals surface area (Å²) in [5, 5.41) is 0. The van der Waals surface area contributed by atoms with Crippen molar-refractivity contribution in [3.8, 4) is 0 Å².